The van der Waals surface area contributed by atoms with Gasteiger partial charge in [0.25, 0.3) is 0 Å². The molecule has 0 spiro atoms. The van der Waals surface area contributed by atoms with E-state index >= 15 is 0 Å². The number of anilines is 1. The zero-order valence-electron chi connectivity index (χ0n) is 16.0. The number of hydrogen-bond acceptors (Lipinski definition) is 2. The summed E-state index contributed by atoms with van der Waals surface area (Å²) in [6.45, 7) is 0. The molecule has 0 saturated carbocycles. The molecule has 0 aliphatic carbocycles. The van der Waals surface area contributed by atoms with E-state index in [1.807, 2.05) is 77.5 Å². The quantitative estimate of drug-likeness (QED) is 0.466. The second-order valence-corrected chi connectivity index (χ2v) is 7.47. The topological polar surface area (TPSA) is 33.1 Å². The molecule has 3 heterocycles. The SMILES string of the molecule is Fc1ccccc1-n1cccc1C1C(c2ccccn2)NC(=S)N1c1ccccc1. The molecule has 1 aliphatic rings. The molecule has 6 heteroatoms. The molecule has 2 atom stereocenters. The Hall–Kier alpha value is -3.51. The van der Waals surface area contributed by atoms with Crippen LogP contribution in [0.15, 0.2) is 97.3 Å². The molecule has 2 aromatic carbocycles. The van der Waals surface area contributed by atoms with Crippen molar-refractivity contribution in [2.75, 3.05) is 4.90 Å². The van der Waals surface area contributed by atoms with Crippen LogP contribution in [0, 0.1) is 5.82 Å². The van der Waals surface area contributed by atoms with Gasteiger partial charge in [-0.3, -0.25) is 4.98 Å². The van der Waals surface area contributed by atoms with Crippen LogP contribution >= 0.6 is 12.2 Å². The summed E-state index contributed by atoms with van der Waals surface area (Å²) in [6.07, 6.45) is 3.66. The third kappa shape index (κ3) is 3.15. The molecule has 0 amide bonds. The molecular weight excluding hydrogens is 395 g/mol. The average Bonchev–Trinajstić information content (AvgIpc) is 3.39. The molecule has 2 aromatic heterocycles. The van der Waals surface area contributed by atoms with Crippen LogP contribution in [0.3, 0.4) is 0 Å². The average molecular weight is 415 g/mol. The molecule has 30 heavy (non-hydrogen) atoms. The second kappa shape index (κ2) is 7.72. The van der Waals surface area contributed by atoms with Gasteiger partial charge in [-0.1, -0.05) is 36.4 Å². The maximum absolute atomic E-state index is 14.6. The molecule has 1 aliphatic heterocycles. The van der Waals surface area contributed by atoms with Crippen LogP contribution in [0.4, 0.5) is 10.1 Å². The maximum Gasteiger partial charge on any atom is 0.174 e. The summed E-state index contributed by atoms with van der Waals surface area (Å²) >= 11 is 5.74. The van der Waals surface area contributed by atoms with Gasteiger partial charge < -0.3 is 14.8 Å². The lowest BCUT2D eigenvalue weighted by Gasteiger charge is -2.29. The third-order valence-electron chi connectivity index (χ3n) is 5.33. The first-order valence-electron chi connectivity index (χ1n) is 9.72. The summed E-state index contributed by atoms with van der Waals surface area (Å²) in [4.78, 5) is 6.66. The van der Waals surface area contributed by atoms with E-state index in [9.17, 15) is 4.39 Å². The molecule has 4 aromatic rings. The number of thiocarbonyl (C=S) groups is 1. The highest BCUT2D eigenvalue weighted by Crippen LogP contribution is 2.42. The molecule has 5 rings (SSSR count). The summed E-state index contributed by atoms with van der Waals surface area (Å²) in [5.41, 5.74) is 3.28. The van der Waals surface area contributed by atoms with Crippen LogP contribution in [0.2, 0.25) is 0 Å². The standard InChI is InChI=1S/C24H19FN4S/c25-18-11-4-5-13-20(18)28-16-8-14-21(28)23-22(19-12-6-7-15-26-19)27-24(30)29(23)17-9-2-1-3-10-17/h1-16,22-23H,(H,27,30). The zero-order valence-corrected chi connectivity index (χ0v) is 16.8. The van der Waals surface area contributed by atoms with Gasteiger partial charge in [-0.15, -0.1) is 0 Å². The van der Waals surface area contributed by atoms with Crippen molar-refractivity contribution in [3.05, 3.63) is 115 Å². The molecule has 0 radical (unpaired) electrons. The number of pyridine rings is 1. The Morgan fingerprint density at radius 2 is 1.63 bits per heavy atom. The van der Waals surface area contributed by atoms with Crippen LogP contribution in [0.25, 0.3) is 5.69 Å². The zero-order chi connectivity index (χ0) is 20.5. The fourth-order valence-electron chi connectivity index (χ4n) is 4.02. The lowest BCUT2D eigenvalue weighted by Crippen LogP contribution is -2.30. The fourth-order valence-corrected chi connectivity index (χ4v) is 4.37. The lowest BCUT2D eigenvalue weighted by atomic mass is 10.0. The summed E-state index contributed by atoms with van der Waals surface area (Å²) in [7, 11) is 0. The Labute approximate surface area is 179 Å². The Balaban J connectivity index is 1.69. The number of rotatable bonds is 4. The first-order valence-corrected chi connectivity index (χ1v) is 10.1. The molecule has 148 valence electrons. The summed E-state index contributed by atoms with van der Waals surface area (Å²) in [5, 5.41) is 4.05. The predicted octanol–water partition coefficient (Wildman–Crippen LogP) is 5.19. The van der Waals surface area contributed by atoms with E-state index in [-0.39, 0.29) is 17.9 Å². The van der Waals surface area contributed by atoms with E-state index in [1.165, 1.54) is 6.07 Å². The molecule has 4 nitrogen and oxygen atoms in total. The van der Waals surface area contributed by atoms with Crippen molar-refractivity contribution in [3.8, 4) is 5.69 Å². The van der Waals surface area contributed by atoms with Gasteiger partial charge in [0.15, 0.2) is 5.11 Å². The van der Waals surface area contributed by atoms with Crippen molar-refractivity contribution >= 4 is 23.0 Å². The van der Waals surface area contributed by atoms with Gasteiger partial charge in [0.2, 0.25) is 0 Å². The van der Waals surface area contributed by atoms with Crippen LogP contribution < -0.4 is 10.2 Å². The minimum Gasteiger partial charge on any atom is -0.351 e. The largest absolute Gasteiger partial charge is 0.351 e. The highest BCUT2D eigenvalue weighted by molar-refractivity contribution is 7.80. The van der Waals surface area contributed by atoms with Gasteiger partial charge >= 0.3 is 0 Å². The van der Waals surface area contributed by atoms with Gasteiger partial charge in [0, 0.05) is 23.8 Å². The Morgan fingerprint density at radius 1 is 0.867 bits per heavy atom. The Kier molecular flexibility index (Phi) is 4.77. The molecular formula is C24H19FN4S. The number of benzene rings is 2. The van der Waals surface area contributed by atoms with Crippen molar-refractivity contribution < 1.29 is 4.39 Å². The van der Waals surface area contributed by atoms with Gasteiger partial charge in [-0.25, -0.2) is 4.39 Å². The lowest BCUT2D eigenvalue weighted by molar-refractivity contribution is 0.544. The van der Waals surface area contributed by atoms with Crippen LogP contribution in [-0.4, -0.2) is 14.7 Å². The highest BCUT2D eigenvalue weighted by Gasteiger charge is 2.42. The van der Waals surface area contributed by atoms with Crippen molar-refractivity contribution in [2.45, 2.75) is 12.1 Å². The molecule has 1 fully saturated rings. The molecule has 1 saturated heterocycles. The van der Waals surface area contributed by atoms with Crippen LogP contribution in [0.1, 0.15) is 23.5 Å². The first kappa shape index (κ1) is 18.5. The Bertz CT molecular complexity index is 1180. The number of para-hydroxylation sites is 2. The Morgan fingerprint density at radius 3 is 2.40 bits per heavy atom. The van der Waals surface area contributed by atoms with E-state index in [0.29, 0.717) is 10.8 Å². The second-order valence-electron chi connectivity index (χ2n) is 7.09. The van der Waals surface area contributed by atoms with Crippen molar-refractivity contribution in [1.29, 1.82) is 0 Å². The van der Waals surface area contributed by atoms with Crippen LogP contribution in [-0.2, 0) is 0 Å². The van der Waals surface area contributed by atoms with E-state index in [2.05, 4.69) is 15.2 Å². The van der Waals surface area contributed by atoms with Crippen molar-refractivity contribution in [3.63, 3.8) is 0 Å². The predicted molar refractivity (Wildman–Crippen MR) is 120 cm³/mol. The van der Waals surface area contributed by atoms with Gasteiger partial charge in [-0.2, -0.15) is 0 Å². The van der Waals surface area contributed by atoms with Crippen molar-refractivity contribution in [1.82, 2.24) is 14.9 Å². The van der Waals surface area contributed by atoms with Crippen molar-refractivity contribution in [2.24, 2.45) is 0 Å². The third-order valence-corrected chi connectivity index (χ3v) is 5.64. The summed E-state index contributed by atoms with van der Waals surface area (Å²) in [5.74, 6) is -0.274. The minimum absolute atomic E-state index is 0.181. The van der Waals surface area contributed by atoms with E-state index in [4.69, 9.17) is 12.2 Å². The minimum atomic E-state index is -0.274. The van der Waals surface area contributed by atoms with Crippen LogP contribution in [0.5, 0.6) is 0 Å². The number of hydrogen-bond donors (Lipinski definition) is 1. The number of nitrogens with one attached hydrogen (secondary N) is 1. The molecule has 2 unspecified atom stereocenters. The highest BCUT2D eigenvalue weighted by atomic mass is 32.1. The first-order chi connectivity index (χ1) is 14.7. The van der Waals surface area contributed by atoms with Gasteiger partial charge in [-0.05, 0) is 60.7 Å². The summed E-state index contributed by atoms with van der Waals surface area (Å²) in [6, 6.07) is 26.2. The normalized spacial score (nSPS) is 18.4. The van der Waals surface area contributed by atoms with E-state index in [0.717, 1.165) is 17.1 Å². The monoisotopic (exact) mass is 414 g/mol. The number of nitrogens with zero attached hydrogens (tertiary/aromatic N) is 3. The number of halogens is 1. The van der Waals surface area contributed by atoms with Gasteiger partial charge in [0.05, 0.1) is 17.4 Å². The van der Waals surface area contributed by atoms with E-state index < -0.39 is 0 Å². The maximum atomic E-state index is 14.6. The van der Waals surface area contributed by atoms with Gasteiger partial charge in [0.1, 0.15) is 11.9 Å². The fraction of sp³-hybridized carbons (Fsp3) is 0.0833. The molecule has 1 N–H and O–H groups in total. The summed E-state index contributed by atoms with van der Waals surface area (Å²) < 4.78 is 16.5. The van der Waals surface area contributed by atoms with E-state index in [1.54, 1.807) is 18.3 Å². The number of aromatic nitrogens is 2. The molecule has 0 bridgehead atoms. The smallest absolute Gasteiger partial charge is 0.174 e.